The first-order valence-corrected chi connectivity index (χ1v) is 5.88. The van der Waals surface area contributed by atoms with Crippen LogP contribution < -0.4 is 0 Å². The Morgan fingerprint density at radius 1 is 1.60 bits per heavy atom. The van der Waals surface area contributed by atoms with Crippen molar-refractivity contribution in [2.45, 2.75) is 45.4 Å². The van der Waals surface area contributed by atoms with Crippen LogP contribution in [0.5, 0.6) is 0 Å². The molecule has 1 saturated carbocycles. The highest BCUT2D eigenvalue weighted by Crippen LogP contribution is 2.43. The molecule has 1 unspecified atom stereocenters. The van der Waals surface area contributed by atoms with Crippen LogP contribution in [0.15, 0.2) is 22.8 Å². The van der Waals surface area contributed by atoms with Gasteiger partial charge in [-0.2, -0.15) is 0 Å². The molecule has 0 aromatic carbocycles. The second kappa shape index (κ2) is 4.21. The zero-order valence-electron chi connectivity index (χ0n) is 9.25. The van der Waals surface area contributed by atoms with Crippen LogP contribution in [-0.4, -0.2) is 11.1 Å². The summed E-state index contributed by atoms with van der Waals surface area (Å²) in [5, 5.41) is 9.14. The Morgan fingerprint density at radius 3 is 3.00 bits per heavy atom. The number of fused-ring (bicyclic) bond motifs is 1. The van der Waals surface area contributed by atoms with Gasteiger partial charge in [0.1, 0.15) is 0 Å². The van der Waals surface area contributed by atoms with E-state index < -0.39 is 5.97 Å². The predicted octanol–water partition coefficient (Wildman–Crippen LogP) is 3.30. The highest BCUT2D eigenvalue weighted by atomic mass is 16.4. The zero-order valence-corrected chi connectivity index (χ0v) is 9.25. The highest BCUT2D eigenvalue weighted by Gasteiger charge is 2.29. The lowest BCUT2D eigenvalue weighted by Crippen LogP contribution is -2.03. The van der Waals surface area contributed by atoms with Crippen LogP contribution in [0.4, 0.5) is 0 Å². The van der Waals surface area contributed by atoms with Crippen LogP contribution in [0.2, 0.25) is 0 Å². The normalized spacial score (nSPS) is 27.5. The number of hydrogen-bond acceptors (Lipinski definition) is 1. The number of carboxylic acids is 1. The summed E-state index contributed by atoms with van der Waals surface area (Å²) in [5.74, 6) is -0.0464. The van der Waals surface area contributed by atoms with Crippen molar-refractivity contribution >= 4 is 5.97 Å². The molecule has 0 saturated heterocycles. The summed E-state index contributed by atoms with van der Waals surface area (Å²) in [6.45, 7) is 2.03. The van der Waals surface area contributed by atoms with Gasteiger partial charge in [-0.05, 0) is 43.6 Å². The molecule has 2 aliphatic carbocycles. The van der Waals surface area contributed by atoms with Gasteiger partial charge in [0, 0.05) is 5.57 Å². The molecule has 0 aliphatic heterocycles. The number of allylic oxidation sites excluding steroid dienone is 3. The van der Waals surface area contributed by atoms with Gasteiger partial charge in [-0.1, -0.05) is 25.0 Å². The van der Waals surface area contributed by atoms with Gasteiger partial charge >= 0.3 is 5.97 Å². The van der Waals surface area contributed by atoms with E-state index in [-0.39, 0.29) is 0 Å². The van der Waals surface area contributed by atoms with Crippen LogP contribution in [0, 0.1) is 5.92 Å². The number of carbonyl (C=O) groups is 1. The van der Waals surface area contributed by atoms with Gasteiger partial charge in [0.25, 0.3) is 0 Å². The van der Waals surface area contributed by atoms with Gasteiger partial charge in [0.05, 0.1) is 0 Å². The molecule has 2 nitrogen and oxygen atoms in total. The minimum atomic E-state index is -0.719. The molecular formula is C13H18O2. The quantitative estimate of drug-likeness (QED) is 0.719. The van der Waals surface area contributed by atoms with E-state index in [0.29, 0.717) is 17.9 Å². The molecule has 0 heterocycles. The van der Waals surface area contributed by atoms with Crippen molar-refractivity contribution < 1.29 is 9.90 Å². The summed E-state index contributed by atoms with van der Waals surface area (Å²) in [6, 6.07) is 0. The average molecular weight is 206 g/mol. The van der Waals surface area contributed by atoms with Gasteiger partial charge < -0.3 is 5.11 Å². The number of carboxylic acid groups (broad SMARTS) is 1. The van der Waals surface area contributed by atoms with Crippen molar-refractivity contribution in [1.82, 2.24) is 0 Å². The lowest BCUT2D eigenvalue weighted by Gasteiger charge is -2.06. The van der Waals surface area contributed by atoms with E-state index in [4.69, 9.17) is 5.11 Å². The average Bonchev–Trinajstić information content (AvgIpc) is 2.72. The van der Waals surface area contributed by atoms with Crippen LogP contribution >= 0.6 is 0 Å². The Hall–Kier alpha value is -1.05. The van der Waals surface area contributed by atoms with E-state index in [0.717, 1.165) is 18.4 Å². The van der Waals surface area contributed by atoms with Crippen LogP contribution in [-0.2, 0) is 4.79 Å². The second-order valence-electron chi connectivity index (χ2n) is 4.57. The monoisotopic (exact) mass is 206 g/mol. The van der Waals surface area contributed by atoms with Crippen molar-refractivity contribution in [3.63, 3.8) is 0 Å². The zero-order chi connectivity index (χ0) is 10.8. The third-order valence-electron chi connectivity index (χ3n) is 3.51. The molecule has 2 rings (SSSR count). The summed E-state index contributed by atoms with van der Waals surface area (Å²) < 4.78 is 0. The number of hydrogen-bond donors (Lipinski definition) is 1. The van der Waals surface area contributed by atoms with Gasteiger partial charge in [0.2, 0.25) is 0 Å². The Labute approximate surface area is 90.7 Å². The highest BCUT2D eigenvalue weighted by molar-refractivity contribution is 5.88. The Morgan fingerprint density at radius 2 is 2.40 bits per heavy atom. The molecule has 0 radical (unpaired) electrons. The molecule has 2 heteroatoms. The molecule has 1 fully saturated rings. The van der Waals surface area contributed by atoms with E-state index >= 15 is 0 Å². The molecule has 2 aliphatic rings. The molecule has 0 aromatic heterocycles. The fraction of sp³-hybridized carbons (Fsp3) is 0.615. The molecule has 0 amide bonds. The minimum absolute atomic E-state index is 0.652. The number of rotatable bonds is 3. The fourth-order valence-electron chi connectivity index (χ4n) is 2.78. The van der Waals surface area contributed by atoms with Crippen LogP contribution in [0.1, 0.15) is 45.4 Å². The van der Waals surface area contributed by atoms with E-state index in [1.165, 1.54) is 24.8 Å². The lowest BCUT2D eigenvalue weighted by molar-refractivity contribution is -0.132. The van der Waals surface area contributed by atoms with Crippen molar-refractivity contribution in [1.29, 1.82) is 0 Å². The fourth-order valence-corrected chi connectivity index (χ4v) is 2.78. The smallest absolute Gasteiger partial charge is 0.331 e. The third kappa shape index (κ3) is 1.99. The lowest BCUT2D eigenvalue weighted by atomic mass is 9.99. The van der Waals surface area contributed by atoms with Gasteiger partial charge in [-0.3, -0.25) is 0 Å². The van der Waals surface area contributed by atoms with E-state index in [1.54, 1.807) is 0 Å². The third-order valence-corrected chi connectivity index (χ3v) is 3.51. The van der Waals surface area contributed by atoms with Crippen molar-refractivity contribution in [3.05, 3.63) is 22.8 Å². The Balaban J connectivity index is 2.25. The molecule has 15 heavy (non-hydrogen) atoms. The maximum absolute atomic E-state index is 11.1. The van der Waals surface area contributed by atoms with Gasteiger partial charge in [-0.25, -0.2) is 4.79 Å². The molecule has 0 spiro atoms. The topological polar surface area (TPSA) is 37.3 Å². The van der Waals surface area contributed by atoms with Crippen LogP contribution in [0.25, 0.3) is 0 Å². The van der Waals surface area contributed by atoms with Gasteiger partial charge in [-0.15, -0.1) is 0 Å². The summed E-state index contributed by atoms with van der Waals surface area (Å²) in [7, 11) is 0. The van der Waals surface area contributed by atoms with Crippen molar-refractivity contribution in [3.8, 4) is 0 Å². The maximum Gasteiger partial charge on any atom is 0.331 e. The van der Waals surface area contributed by atoms with E-state index in [2.05, 4.69) is 6.08 Å². The van der Waals surface area contributed by atoms with E-state index in [9.17, 15) is 4.79 Å². The molecular weight excluding hydrogens is 188 g/mol. The molecule has 0 aromatic rings. The van der Waals surface area contributed by atoms with E-state index in [1.807, 2.05) is 6.92 Å². The summed E-state index contributed by atoms with van der Waals surface area (Å²) in [5.41, 5.74) is 3.25. The standard InChI is InChI=1S/C13H18O2/c1-2-4-12(13(14)15)11-7-9-5-3-6-10(9)8-11/h7,10H,2-6,8H2,1H3,(H,14,15). The van der Waals surface area contributed by atoms with Gasteiger partial charge in [0.15, 0.2) is 0 Å². The first-order chi connectivity index (χ1) is 7.22. The number of aliphatic carboxylic acids is 1. The maximum atomic E-state index is 11.1. The molecule has 1 atom stereocenters. The minimum Gasteiger partial charge on any atom is -0.478 e. The summed E-state index contributed by atoms with van der Waals surface area (Å²) in [4.78, 5) is 11.1. The predicted molar refractivity (Wildman–Crippen MR) is 59.6 cm³/mol. The first-order valence-electron chi connectivity index (χ1n) is 5.88. The second-order valence-corrected chi connectivity index (χ2v) is 4.57. The van der Waals surface area contributed by atoms with Crippen molar-refractivity contribution in [2.24, 2.45) is 5.92 Å². The Kier molecular flexibility index (Phi) is 2.94. The van der Waals surface area contributed by atoms with Crippen molar-refractivity contribution in [2.75, 3.05) is 0 Å². The Bertz CT molecular complexity index is 336. The van der Waals surface area contributed by atoms with Crippen LogP contribution in [0.3, 0.4) is 0 Å². The molecule has 0 bridgehead atoms. The largest absolute Gasteiger partial charge is 0.478 e. The summed E-state index contributed by atoms with van der Waals surface area (Å²) >= 11 is 0. The first kappa shape index (κ1) is 10.5. The molecule has 82 valence electrons. The molecule has 1 N–H and O–H groups in total. The SMILES string of the molecule is CCCC(C(=O)O)=C1C=C2CCCC2C1. The summed E-state index contributed by atoms with van der Waals surface area (Å²) in [6.07, 6.45) is 8.51.